The smallest absolute Gasteiger partial charge is 0.222 e. The van der Waals surface area contributed by atoms with Crippen LogP contribution in [0.2, 0.25) is 0 Å². The number of carbonyl (C=O) groups excluding carboxylic acids is 1. The van der Waals surface area contributed by atoms with Crippen molar-refractivity contribution in [3.63, 3.8) is 0 Å². The highest BCUT2D eigenvalue weighted by molar-refractivity contribution is 7.09. The van der Waals surface area contributed by atoms with E-state index in [1.54, 1.807) is 11.3 Å². The Kier molecular flexibility index (Phi) is 5.17. The topological polar surface area (TPSA) is 50.8 Å². The summed E-state index contributed by atoms with van der Waals surface area (Å²) >= 11 is 1.67. The van der Waals surface area contributed by atoms with Crippen molar-refractivity contribution in [3.05, 3.63) is 22.4 Å². The van der Waals surface area contributed by atoms with Gasteiger partial charge in [-0.3, -0.25) is 9.69 Å². The molecule has 4 rings (SSSR count). The minimum Gasteiger partial charge on any atom is -0.381 e. The van der Waals surface area contributed by atoms with Crippen molar-refractivity contribution < 1.29 is 14.3 Å². The van der Waals surface area contributed by atoms with Gasteiger partial charge >= 0.3 is 0 Å². The average Bonchev–Trinajstić information content (AvgIpc) is 3.30. The zero-order valence-corrected chi connectivity index (χ0v) is 14.8. The molecular formula is C18H26N2O3S. The first-order valence-electron chi connectivity index (χ1n) is 9.04. The monoisotopic (exact) mass is 350 g/mol. The Bertz CT molecular complexity index is 530. The number of nitrogens with one attached hydrogen (secondary N) is 1. The van der Waals surface area contributed by atoms with Gasteiger partial charge in [0.15, 0.2) is 0 Å². The van der Waals surface area contributed by atoms with Crippen molar-refractivity contribution in [1.29, 1.82) is 0 Å². The van der Waals surface area contributed by atoms with Gasteiger partial charge in [-0.05, 0) is 30.7 Å². The third-order valence-corrected chi connectivity index (χ3v) is 6.38. The molecule has 1 aromatic rings. The summed E-state index contributed by atoms with van der Waals surface area (Å²) in [5.41, 5.74) is 0. The Balaban J connectivity index is 1.20. The van der Waals surface area contributed by atoms with E-state index in [2.05, 4.69) is 10.2 Å². The Labute approximate surface area is 147 Å². The predicted octanol–water partition coefficient (Wildman–Crippen LogP) is 2.02. The predicted molar refractivity (Wildman–Crippen MR) is 93.0 cm³/mol. The normalized spacial score (nSPS) is 31.2. The molecule has 0 aromatic carbocycles. The second kappa shape index (κ2) is 7.52. The molecule has 1 N–H and O–H groups in total. The number of hydrogen-bond acceptors (Lipinski definition) is 5. The number of amides is 1. The summed E-state index contributed by atoms with van der Waals surface area (Å²) < 4.78 is 11.6. The molecule has 0 bridgehead atoms. The van der Waals surface area contributed by atoms with Gasteiger partial charge in [0.2, 0.25) is 5.91 Å². The third kappa shape index (κ3) is 3.82. The van der Waals surface area contributed by atoms with Crippen LogP contribution in [-0.4, -0.2) is 55.4 Å². The lowest BCUT2D eigenvalue weighted by Crippen LogP contribution is -2.39. The lowest BCUT2D eigenvalue weighted by molar-refractivity contribution is -0.124. The Morgan fingerprint density at radius 3 is 2.96 bits per heavy atom. The van der Waals surface area contributed by atoms with E-state index in [0.29, 0.717) is 31.0 Å². The lowest BCUT2D eigenvalue weighted by atomic mass is 10.0. The molecule has 5 nitrogen and oxygen atoms in total. The molecule has 0 saturated carbocycles. The molecule has 0 unspecified atom stereocenters. The van der Waals surface area contributed by atoms with Crippen LogP contribution < -0.4 is 5.32 Å². The molecule has 3 aliphatic rings. The van der Waals surface area contributed by atoms with Crippen LogP contribution in [0.3, 0.4) is 0 Å². The Hall–Kier alpha value is -0.950. The molecule has 6 heteroatoms. The van der Waals surface area contributed by atoms with E-state index < -0.39 is 0 Å². The molecule has 0 spiro atoms. The van der Waals surface area contributed by atoms with Crippen molar-refractivity contribution in [2.24, 2.45) is 5.92 Å². The first-order valence-corrected chi connectivity index (χ1v) is 9.92. The molecule has 132 valence electrons. The van der Waals surface area contributed by atoms with Gasteiger partial charge in [0.25, 0.3) is 0 Å². The SMILES string of the molecule is O=C(C[C@@H]1C[C@@H]2CN(C3CCOCC3)C[C@@H]2O1)NCc1cccs1. The summed E-state index contributed by atoms with van der Waals surface area (Å²) in [6.45, 7) is 4.58. The molecular weight excluding hydrogens is 324 g/mol. The second-order valence-corrected chi connectivity index (χ2v) is 8.18. The van der Waals surface area contributed by atoms with Gasteiger partial charge in [0, 0.05) is 43.1 Å². The van der Waals surface area contributed by atoms with Gasteiger partial charge in [0.05, 0.1) is 25.2 Å². The van der Waals surface area contributed by atoms with Crippen molar-refractivity contribution in [1.82, 2.24) is 10.2 Å². The van der Waals surface area contributed by atoms with E-state index in [9.17, 15) is 4.79 Å². The van der Waals surface area contributed by atoms with Crippen LogP contribution in [0, 0.1) is 5.92 Å². The first-order chi connectivity index (χ1) is 11.8. The molecule has 3 fully saturated rings. The van der Waals surface area contributed by atoms with E-state index in [0.717, 1.165) is 45.6 Å². The van der Waals surface area contributed by atoms with Crippen LogP contribution in [0.25, 0.3) is 0 Å². The maximum absolute atomic E-state index is 12.1. The van der Waals surface area contributed by atoms with Gasteiger partial charge < -0.3 is 14.8 Å². The highest BCUT2D eigenvalue weighted by Crippen LogP contribution is 2.36. The van der Waals surface area contributed by atoms with E-state index >= 15 is 0 Å². The number of rotatable bonds is 5. The zero-order valence-electron chi connectivity index (χ0n) is 14.0. The van der Waals surface area contributed by atoms with Crippen LogP contribution >= 0.6 is 11.3 Å². The minimum absolute atomic E-state index is 0.0974. The van der Waals surface area contributed by atoms with Gasteiger partial charge in [0.1, 0.15) is 0 Å². The van der Waals surface area contributed by atoms with E-state index in [1.165, 1.54) is 4.88 Å². The number of ether oxygens (including phenoxy) is 2. The first kappa shape index (κ1) is 16.5. The molecule has 4 heterocycles. The minimum atomic E-state index is 0.0974. The van der Waals surface area contributed by atoms with E-state index in [-0.39, 0.29) is 12.0 Å². The number of likely N-dealkylation sites (tertiary alicyclic amines) is 1. The van der Waals surface area contributed by atoms with Crippen LogP contribution in [0.1, 0.15) is 30.6 Å². The zero-order chi connectivity index (χ0) is 16.4. The molecule has 3 saturated heterocycles. The van der Waals surface area contributed by atoms with Crippen molar-refractivity contribution in [2.75, 3.05) is 26.3 Å². The molecule has 0 radical (unpaired) electrons. The third-order valence-electron chi connectivity index (χ3n) is 5.50. The number of thiophene rings is 1. The lowest BCUT2D eigenvalue weighted by Gasteiger charge is -2.31. The van der Waals surface area contributed by atoms with E-state index in [4.69, 9.17) is 9.47 Å². The van der Waals surface area contributed by atoms with Crippen LogP contribution in [0.15, 0.2) is 17.5 Å². The van der Waals surface area contributed by atoms with Gasteiger partial charge in [-0.2, -0.15) is 0 Å². The fourth-order valence-corrected chi connectivity index (χ4v) is 4.90. The van der Waals surface area contributed by atoms with Crippen molar-refractivity contribution >= 4 is 17.2 Å². The fraction of sp³-hybridized carbons (Fsp3) is 0.722. The molecule has 1 amide bonds. The Morgan fingerprint density at radius 2 is 2.21 bits per heavy atom. The van der Waals surface area contributed by atoms with Gasteiger partial charge in [-0.15, -0.1) is 11.3 Å². The highest BCUT2D eigenvalue weighted by atomic mass is 32.1. The molecule has 24 heavy (non-hydrogen) atoms. The van der Waals surface area contributed by atoms with Crippen LogP contribution in [0.4, 0.5) is 0 Å². The fourth-order valence-electron chi connectivity index (χ4n) is 4.25. The molecule has 3 aliphatic heterocycles. The number of carbonyl (C=O) groups is 1. The Morgan fingerprint density at radius 1 is 1.33 bits per heavy atom. The average molecular weight is 350 g/mol. The van der Waals surface area contributed by atoms with E-state index in [1.807, 2.05) is 17.5 Å². The van der Waals surface area contributed by atoms with Crippen molar-refractivity contribution in [3.8, 4) is 0 Å². The van der Waals surface area contributed by atoms with Gasteiger partial charge in [-0.1, -0.05) is 6.07 Å². The summed E-state index contributed by atoms with van der Waals surface area (Å²) in [6.07, 6.45) is 4.23. The summed E-state index contributed by atoms with van der Waals surface area (Å²) in [5, 5.41) is 5.04. The van der Waals surface area contributed by atoms with Crippen molar-refractivity contribution in [2.45, 2.75) is 50.5 Å². The molecule has 3 atom stereocenters. The molecule has 0 aliphatic carbocycles. The number of nitrogens with zero attached hydrogens (tertiary/aromatic N) is 1. The standard InChI is InChI=1S/C18H26N2O3S/c21-18(19-10-16-2-1-7-24-16)9-15-8-13-11-20(12-17(13)23-15)14-3-5-22-6-4-14/h1-2,7,13-15,17H,3-6,8-12H2,(H,19,21)/t13-,15+,17+/m1/s1. The van der Waals surface area contributed by atoms with Crippen LogP contribution in [0.5, 0.6) is 0 Å². The molecule has 1 aromatic heterocycles. The highest BCUT2D eigenvalue weighted by Gasteiger charge is 2.44. The number of hydrogen-bond donors (Lipinski definition) is 1. The van der Waals surface area contributed by atoms with Crippen LogP contribution in [-0.2, 0) is 20.8 Å². The quantitative estimate of drug-likeness (QED) is 0.883. The maximum atomic E-state index is 12.1. The maximum Gasteiger partial charge on any atom is 0.222 e. The summed E-state index contributed by atoms with van der Waals surface area (Å²) in [7, 11) is 0. The summed E-state index contributed by atoms with van der Waals surface area (Å²) in [4.78, 5) is 15.9. The summed E-state index contributed by atoms with van der Waals surface area (Å²) in [5.74, 6) is 0.706. The number of fused-ring (bicyclic) bond motifs is 1. The van der Waals surface area contributed by atoms with Gasteiger partial charge in [-0.25, -0.2) is 0 Å². The largest absolute Gasteiger partial charge is 0.381 e. The summed E-state index contributed by atoms with van der Waals surface area (Å²) in [6, 6.07) is 4.73. The second-order valence-electron chi connectivity index (χ2n) is 7.15.